The van der Waals surface area contributed by atoms with E-state index in [2.05, 4.69) is 52.4 Å². The fraction of sp³-hybridized carbons (Fsp3) is 0.842. The molecule has 0 aromatic rings. The van der Waals surface area contributed by atoms with Crippen molar-refractivity contribution in [2.45, 2.75) is 77.7 Å². The molecule has 0 aliphatic rings. The Balaban J connectivity index is 3.93. The van der Waals surface area contributed by atoms with Gasteiger partial charge in [0.2, 0.25) is 0 Å². The Morgan fingerprint density at radius 1 is 0.815 bits per heavy atom. The highest BCUT2D eigenvalue weighted by molar-refractivity contribution is 6.84. The van der Waals surface area contributed by atoms with Crippen LogP contribution in [-0.2, 0) is 22.8 Å². The Morgan fingerprint density at radius 3 is 1.81 bits per heavy atom. The van der Waals surface area contributed by atoms with Gasteiger partial charge in [-0.1, -0.05) is 6.58 Å². The van der Waals surface area contributed by atoms with E-state index in [0.29, 0.717) is 18.8 Å². The highest BCUT2D eigenvalue weighted by atomic mass is 28.4. The van der Waals surface area contributed by atoms with Crippen molar-refractivity contribution in [1.82, 2.24) is 0 Å². The molecule has 0 heterocycles. The van der Waals surface area contributed by atoms with Gasteiger partial charge in [-0.2, -0.15) is 0 Å². The van der Waals surface area contributed by atoms with Crippen LogP contribution in [0, 0.1) is 0 Å². The van der Waals surface area contributed by atoms with Crippen molar-refractivity contribution in [1.29, 1.82) is 0 Å². The molecule has 27 heavy (non-hydrogen) atoms. The summed E-state index contributed by atoms with van der Waals surface area (Å²) in [6, 6.07) is 2.24. The second-order valence-corrected chi connectivity index (χ2v) is 22.7. The molecular weight excluding hydrogens is 392 g/mol. The Morgan fingerprint density at radius 2 is 1.33 bits per heavy atom. The average molecular weight is 435 g/mol. The molecule has 0 amide bonds. The molecule has 0 aliphatic heterocycles. The van der Waals surface area contributed by atoms with Gasteiger partial charge in [0.15, 0.2) is 25.0 Å². The summed E-state index contributed by atoms with van der Waals surface area (Å²) in [6.45, 7) is 23.4. The van der Waals surface area contributed by atoms with Crippen LogP contribution in [0.4, 0.5) is 0 Å². The third-order valence-electron chi connectivity index (χ3n) is 3.89. The SMILES string of the molecule is C=C(C)C(=O)OCCOCCC[Si](C)(C)O[Si](C)(C)CCCO[Si](C)(C)C. The lowest BCUT2D eigenvalue weighted by molar-refractivity contribution is -0.140. The number of hydrogen-bond donors (Lipinski definition) is 0. The summed E-state index contributed by atoms with van der Waals surface area (Å²) in [5.41, 5.74) is 0.415. The lowest BCUT2D eigenvalue weighted by Crippen LogP contribution is -2.44. The van der Waals surface area contributed by atoms with Crippen molar-refractivity contribution in [2.24, 2.45) is 0 Å². The fourth-order valence-electron chi connectivity index (χ4n) is 2.74. The number of esters is 1. The molecule has 5 nitrogen and oxygen atoms in total. The summed E-state index contributed by atoms with van der Waals surface area (Å²) in [6.07, 6.45) is 2.08. The maximum Gasteiger partial charge on any atom is 0.333 e. The first kappa shape index (κ1) is 26.7. The second kappa shape index (κ2) is 12.3. The monoisotopic (exact) mass is 434 g/mol. The molecule has 0 aromatic carbocycles. The largest absolute Gasteiger partial charge is 0.460 e. The van der Waals surface area contributed by atoms with Gasteiger partial charge in [0, 0.05) is 18.8 Å². The van der Waals surface area contributed by atoms with E-state index in [1.165, 1.54) is 0 Å². The minimum atomic E-state index is -1.68. The van der Waals surface area contributed by atoms with Gasteiger partial charge in [-0.3, -0.25) is 0 Å². The van der Waals surface area contributed by atoms with Crippen molar-refractivity contribution in [3.63, 3.8) is 0 Å². The van der Waals surface area contributed by atoms with Gasteiger partial charge >= 0.3 is 5.97 Å². The first-order valence-corrected chi connectivity index (χ1v) is 19.6. The van der Waals surface area contributed by atoms with Crippen LogP contribution in [0.5, 0.6) is 0 Å². The van der Waals surface area contributed by atoms with E-state index >= 15 is 0 Å². The summed E-state index contributed by atoms with van der Waals surface area (Å²) < 4.78 is 23.2. The summed E-state index contributed by atoms with van der Waals surface area (Å²) in [5, 5.41) is 0. The van der Waals surface area contributed by atoms with Crippen LogP contribution in [0.25, 0.3) is 0 Å². The molecule has 0 N–H and O–H groups in total. The van der Waals surface area contributed by atoms with E-state index in [9.17, 15) is 4.79 Å². The summed E-state index contributed by atoms with van der Waals surface area (Å²) in [7, 11) is -4.74. The first-order valence-electron chi connectivity index (χ1n) is 9.99. The Kier molecular flexibility index (Phi) is 12.2. The summed E-state index contributed by atoms with van der Waals surface area (Å²) >= 11 is 0. The number of ether oxygens (including phenoxy) is 2. The van der Waals surface area contributed by atoms with Crippen LogP contribution in [0.1, 0.15) is 19.8 Å². The normalized spacial score (nSPS) is 12.9. The molecule has 0 fully saturated rings. The van der Waals surface area contributed by atoms with E-state index in [4.69, 9.17) is 18.0 Å². The van der Waals surface area contributed by atoms with Gasteiger partial charge in [0.1, 0.15) is 6.61 Å². The van der Waals surface area contributed by atoms with Gasteiger partial charge in [-0.15, -0.1) is 0 Å². The van der Waals surface area contributed by atoms with E-state index in [1.807, 2.05) is 0 Å². The number of hydrogen-bond acceptors (Lipinski definition) is 5. The van der Waals surface area contributed by atoms with Crippen LogP contribution >= 0.6 is 0 Å². The molecule has 0 atom stereocenters. The molecule has 0 unspecified atom stereocenters. The smallest absolute Gasteiger partial charge is 0.333 e. The molecule has 0 saturated heterocycles. The highest BCUT2D eigenvalue weighted by Gasteiger charge is 2.32. The maximum atomic E-state index is 11.2. The van der Waals surface area contributed by atoms with Gasteiger partial charge in [0.25, 0.3) is 0 Å². The Labute approximate surface area is 170 Å². The molecule has 0 radical (unpaired) electrons. The average Bonchev–Trinajstić information content (AvgIpc) is 2.48. The van der Waals surface area contributed by atoms with Crippen LogP contribution in [0.2, 0.25) is 57.9 Å². The van der Waals surface area contributed by atoms with Crippen molar-refractivity contribution in [3.05, 3.63) is 12.2 Å². The lowest BCUT2D eigenvalue weighted by Gasteiger charge is -2.34. The zero-order valence-corrected chi connectivity index (χ0v) is 21.9. The molecule has 0 aromatic heterocycles. The molecular formula is C19H42O5Si3. The highest BCUT2D eigenvalue weighted by Crippen LogP contribution is 2.24. The maximum absolute atomic E-state index is 11.2. The Bertz CT molecular complexity index is 459. The summed E-state index contributed by atoms with van der Waals surface area (Å²) in [5.74, 6) is -0.358. The van der Waals surface area contributed by atoms with Gasteiger partial charge in [0.05, 0.1) is 6.61 Å². The zero-order valence-electron chi connectivity index (χ0n) is 18.9. The van der Waals surface area contributed by atoms with Crippen LogP contribution in [0.15, 0.2) is 12.2 Å². The lowest BCUT2D eigenvalue weighted by atomic mass is 10.4. The number of carbonyl (C=O) groups is 1. The second-order valence-electron chi connectivity index (χ2n) is 9.32. The van der Waals surface area contributed by atoms with Gasteiger partial charge in [-0.25, -0.2) is 4.79 Å². The topological polar surface area (TPSA) is 54.0 Å². The molecule has 0 spiro atoms. The predicted octanol–water partition coefficient (Wildman–Crippen LogP) is 5.18. The molecule has 8 heteroatoms. The van der Waals surface area contributed by atoms with Crippen molar-refractivity contribution < 1.29 is 22.8 Å². The third kappa shape index (κ3) is 16.4. The Hall–Kier alpha value is -0.259. The molecule has 0 bridgehead atoms. The molecule has 160 valence electrons. The van der Waals surface area contributed by atoms with Crippen molar-refractivity contribution in [3.8, 4) is 0 Å². The van der Waals surface area contributed by atoms with Crippen LogP contribution < -0.4 is 0 Å². The van der Waals surface area contributed by atoms with Crippen molar-refractivity contribution >= 4 is 30.9 Å². The van der Waals surface area contributed by atoms with E-state index in [1.54, 1.807) is 6.92 Å². The van der Waals surface area contributed by atoms with Crippen molar-refractivity contribution in [2.75, 3.05) is 26.4 Å². The molecule has 0 saturated carbocycles. The first-order chi connectivity index (χ1) is 12.2. The standard InChI is InChI=1S/C19H42O5Si3/c1-18(2)19(20)22-15-14-21-12-10-16-26(6,7)24-27(8,9)17-11-13-23-25(3,4)5/h1,10-17H2,2-9H3. The van der Waals surface area contributed by atoms with E-state index in [-0.39, 0.29) is 12.6 Å². The zero-order chi connectivity index (χ0) is 21.1. The fourth-order valence-corrected chi connectivity index (χ4v) is 12.3. The molecule has 0 rings (SSSR count). The predicted molar refractivity (Wildman–Crippen MR) is 121 cm³/mol. The van der Waals surface area contributed by atoms with Gasteiger partial charge < -0.3 is 18.0 Å². The minimum absolute atomic E-state index is 0.280. The van der Waals surface area contributed by atoms with Crippen LogP contribution in [0.3, 0.4) is 0 Å². The number of rotatable bonds is 15. The van der Waals surface area contributed by atoms with E-state index in [0.717, 1.165) is 31.5 Å². The number of carbonyl (C=O) groups excluding carboxylic acids is 1. The molecule has 0 aliphatic carbocycles. The van der Waals surface area contributed by atoms with Gasteiger partial charge in [-0.05, 0) is 77.7 Å². The minimum Gasteiger partial charge on any atom is -0.460 e. The van der Waals surface area contributed by atoms with E-state index < -0.39 is 25.0 Å². The van der Waals surface area contributed by atoms with Crippen LogP contribution in [-0.4, -0.2) is 57.3 Å². The summed E-state index contributed by atoms with van der Waals surface area (Å²) in [4.78, 5) is 11.2. The third-order valence-corrected chi connectivity index (χ3v) is 12.5. The quantitative estimate of drug-likeness (QED) is 0.154.